The zero-order valence-corrected chi connectivity index (χ0v) is 16.3. The summed E-state index contributed by atoms with van der Waals surface area (Å²) in [5.41, 5.74) is 0.310. The molecule has 0 spiro atoms. The van der Waals surface area contributed by atoms with E-state index in [4.69, 9.17) is 9.84 Å². The van der Waals surface area contributed by atoms with Crippen molar-refractivity contribution in [3.63, 3.8) is 0 Å². The molecule has 2 amide bonds. The third kappa shape index (κ3) is 8.24. The van der Waals surface area contributed by atoms with E-state index in [1.54, 1.807) is 44.7 Å². The van der Waals surface area contributed by atoms with Gasteiger partial charge in [-0.2, -0.15) is 11.8 Å². The highest BCUT2D eigenvalue weighted by molar-refractivity contribution is 7.98. The van der Waals surface area contributed by atoms with Crippen molar-refractivity contribution in [3.05, 3.63) is 35.4 Å². The average molecular weight is 382 g/mol. The van der Waals surface area contributed by atoms with Crippen molar-refractivity contribution in [2.75, 3.05) is 12.0 Å². The Bertz CT molecular complexity index is 625. The monoisotopic (exact) mass is 382 g/mol. The molecule has 3 N–H and O–H groups in total. The first-order valence-corrected chi connectivity index (χ1v) is 9.60. The molecule has 0 fully saturated rings. The summed E-state index contributed by atoms with van der Waals surface area (Å²) in [5, 5.41) is 14.3. The van der Waals surface area contributed by atoms with Crippen molar-refractivity contribution in [3.8, 4) is 0 Å². The second kappa shape index (κ2) is 10.1. The number of carboxylic acids is 1. The van der Waals surface area contributed by atoms with Crippen LogP contribution in [-0.4, -0.2) is 46.7 Å². The molecule has 0 aliphatic carbocycles. The lowest BCUT2D eigenvalue weighted by Gasteiger charge is -2.23. The van der Waals surface area contributed by atoms with E-state index in [-0.39, 0.29) is 18.0 Å². The highest BCUT2D eigenvalue weighted by Gasteiger charge is 2.23. The maximum absolute atomic E-state index is 12.4. The molecule has 1 aromatic rings. The highest BCUT2D eigenvalue weighted by Crippen LogP contribution is 2.09. The standard InChI is InChI=1S/C18H26N2O5S/c1-18(2,3)25-17(24)20-14(9-10-26-4)15(21)19-11-12-5-7-13(8-6-12)16(22)23/h5-8,14H,9-11H2,1-4H3,(H,19,21)(H,20,24)(H,22,23). The largest absolute Gasteiger partial charge is 0.478 e. The van der Waals surface area contributed by atoms with Crippen LogP contribution in [0.15, 0.2) is 24.3 Å². The maximum atomic E-state index is 12.4. The number of nitrogens with one attached hydrogen (secondary N) is 2. The molecule has 0 aliphatic heterocycles. The zero-order valence-electron chi connectivity index (χ0n) is 15.5. The van der Waals surface area contributed by atoms with Crippen molar-refractivity contribution in [1.29, 1.82) is 0 Å². The Morgan fingerprint density at radius 3 is 2.31 bits per heavy atom. The Kier molecular flexibility index (Phi) is 8.44. The Hall–Kier alpha value is -2.22. The maximum Gasteiger partial charge on any atom is 0.408 e. The molecule has 144 valence electrons. The number of alkyl carbamates (subject to hydrolysis) is 1. The molecule has 0 aromatic heterocycles. The van der Waals surface area contributed by atoms with E-state index in [2.05, 4.69) is 10.6 Å². The van der Waals surface area contributed by atoms with Crippen molar-refractivity contribution in [2.45, 2.75) is 45.4 Å². The van der Waals surface area contributed by atoms with E-state index in [0.717, 1.165) is 5.56 Å². The number of rotatable bonds is 8. The van der Waals surface area contributed by atoms with Crippen molar-refractivity contribution >= 4 is 29.7 Å². The fourth-order valence-corrected chi connectivity index (χ4v) is 2.50. The van der Waals surface area contributed by atoms with Crippen LogP contribution in [0.5, 0.6) is 0 Å². The van der Waals surface area contributed by atoms with Crippen LogP contribution in [0.2, 0.25) is 0 Å². The summed E-state index contributed by atoms with van der Waals surface area (Å²) in [6.07, 6.45) is 1.76. The van der Waals surface area contributed by atoms with E-state index >= 15 is 0 Å². The molecule has 8 heteroatoms. The molecule has 0 aliphatic rings. The van der Waals surface area contributed by atoms with Crippen LogP contribution in [0.4, 0.5) is 4.79 Å². The van der Waals surface area contributed by atoms with Gasteiger partial charge in [0.05, 0.1) is 5.56 Å². The number of amides is 2. The minimum atomic E-state index is -1.00. The summed E-state index contributed by atoms with van der Waals surface area (Å²) in [4.78, 5) is 35.2. The number of ether oxygens (including phenoxy) is 1. The van der Waals surface area contributed by atoms with Gasteiger partial charge < -0.3 is 20.5 Å². The predicted octanol–water partition coefficient (Wildman–Crippen LogP) is 2.65. The lowest BCUT2D eigenvalue weighted by atomic mass is 10.1. The number of thioether (sulfide) groups is 1. The number of carbonyl (C=O) groups excluding carboxylic acids is 2. The summed E-state index contributed by atoms with van der Waals surface area (Å²) in [6.45, 7) is 5.50. The van der Waals surface area contributed by atoms with Crippen molar-refractivity contribution < 1.29 is 24.2 Å². The van der Waals surface area contributed by atoms with Crippen LogP contribution in [0.1, 0.15) is 43.1 Å². The van der Waals surface area contributed by atoms with E-state index < -0.39 is 23.7 Å². The third-order valence-corrected chi connectivity index (χ3v) is 3.93. The van der Waals surface area contributed by atoms with Gasteiger partial charge in [0.2, 0.25) is 5.91 Å². The molecule has 0 saturated carbocycles. The predicted molar refractivity (Wildman–Crippen MR) is 101 cm³/mol. The number of hydrogen-bond donors (Lipinski definition) is 3. The lowest BCUT2D eigenvalue weighted by Crippen LogP contribution is -2.48. The number of aromatic carboxylic acids is 1. The number of carboxylic acid groups (broad SMARTS) is 1. The molecule has 0 radical (unpaired) electrons. The fraction of sp³-hybridized carbons (Fsp3) is 0.500. The van der Waals surface area contributed by atoms with Gasteiger partial charge in [0, 0.05) is 6.54 Å². The molecular weight excluding hydrogens is 356 g/mol. The van der Waals surface area contributed by atoms with E-state index in [1.807, 2.05) is 6.26 Å². The molecule has 1 unspecified atom stereocenters. The van der Waals surface area contributed by atoms with E-state index in [9.17, 15) is 14.4 Å². The lowest BCUT2D eigenvalue weighted by molar-refractivity contribution is -0.123. The second-order valence-electron chi connectivity index (χ2n) is 6.70. The molecule has 1 aromatic carbocycles. The van der Waals surface area contributed by atoms with Crippen molar-refractivity contribution in [1.82, 2.24) is 10.6 Å². The van der Waals surface area contributed by atoms with Gasteiger partial charge in [-0.25, -0.2) is 9.59 Å². The number of hydrogen-bond acceptors (Lipinski definition) is 5. The Morgan fingerprint density at radius 2 is 1.81 bits per heavy atom. The van der Waals surface area contributed by atoms with E-state index in [1.165, 1.54) is 12.1 Å². The molecule has 0 saturated heterocycles. The molecule has 1 rings (SSSR count). The number of benzene rings is 1. The normalized spacial score (nSPS) is 12.2. The van der Waals surface area contributed by atoms with Crippen LogP contribution < -0.4 is 10.6 Å². The van der Waals surface area contributed by atoms with Crippen molar-refractivity contribution in [2.24, 2.45) is 0 Å². The Balaban J connectivity index is 2.64. The smallest absolute Gasteiger partial charge is 0.408 e. The van der Waals surface area contributed by atoms with Gasteiger partial charge in [-0.05, 0) is 56.9 Å². The highest BCUT2D eigenvalue weighted by atomic mass is 32.2. The van der Waals surface area contributed by atoms with Crippen LogP contribution >= 0.6 is 11.8 Å². The van der Waals surface area contributed by atoms with E-state index in [0.29, 0.717) is 12.2 Å². The van der Waals surface area contributed by atoms with Crippen LogP contribution in [-0.2, 0) is 16.1 Å². The minimum Gasteiger partial charge on any atom is -0.478 e. The quantitative estimate of drug-likeness (QED) is 0.638. The Morgan fingerprint density at radius 1 is 1.19 bits per heavy atom. The van der Waals surface area contributed by atoms with Gasteiger partial charge in [0.15, 0.2) is 0 Å². The van der Waals surface area contributed by atoms with Crippen LogP contribution in [0, 0.1) is 0 Å². The molecule has 0 bridgehead atoms. The first-order valence-electron chi connectivity index (χ1n) is 8.21. The molecule has 0 heterocycles. The molecule has 1 atom stereocenters. The molecule has 26 heavy (non-hydrogen) atoms. The topological polar surface area (TPSA) is 105 Å². The Labute approximate surface area is 157 Å². The summed E-state index contributed by atoms with van der Waals surface area (Å²) < 4.78 is 5.20. The fourth-order valence-electron chi connectivity index (χ4n) is 2.03. The third-order valence-electron chi connectivity index (χ3n) is 3.29. The second-order valence-corrected chi connectivity index (χ2v) is 7.69. The SMILES string of the molecule is CSCCC(NC(=O)OC(C)(C)C)C(=O)NCc1ccc(C(=O)O)cc1. The summed E-state index contributed by atoms with van der Waals surface area (Å²) in [5.74, 6) is -0.604. The molecule has 7 nitrogen and oxygen atoms in total. The van der Waals surface area contributed by atoms with Gasteiger partial charge >= 0.3 is 12.1 Å². The minimum absolute atomic E-state index is 0.185. The van der Waals surface area contributed by atoms with Gasteiger partial charge in [-0.3, -0.25) is 4.79 Å². The van der Waals surface area contributed by atoms with Gasteiger partial charge in [0.1, 0.15) is 11.6 Å². The zero-order chi connectivity index (χ0) is 19.7. The van der Waals surface area contributed by atoms with Gasteiger partial charge in [-0.1, -0.05) is 12.1 Å². The summed E-state index contributed by atoms with van der Waals surface area (Å²) in [7, 11) is 0. The van der Waals surface area contributed by atoms with Crippen LogP contribution in [0.25, 0.3) is 0 Å². The van der Waals surface area contributed by atoms with Gasteiger partial charge in [0.25, 0.3) is 0 Å². The summed E-state index contributed by atoms with van der Waals surface area (Å²) >= 11 is 1.58. The molecular formula is C18H26N2O5S. The van der Waals surface area contributed by atoms with Crippen LogP contribution in [0.3, 0.4) is 0 Å². The first-order chi connectivity index (χ1) is 12.1. The number of carbonyl (C=O) groups is 3. The average Bonchev–Trinajstić information content (AvgIpc) is 2.55. The summed E-state index contributed by atoms with van der Waals surface area (Å²) in [6, 6.07) is 5.54. The van der Waals surface area contributed by atoms with Gasteiger partial charge in [-0.15, -0.1) is 0 Å². The first kappa shape index (κ1) is 21.8.